The van der Waals surface area contributed by atoms with Gasteiger partial charge in [-0.3, -0.25) is 4.98 Å². The van der Waals surface area contributed by atoms with Gasteiger partial charge in [-0.15, -0.1) is 11.3 Å². The number of aliphatic hydroxyl groups is 1. The second kappa shape index (κ2) is 5.79. The number of rotatable bonds is 5. The van der Waals surface area contributed by atoms with Crippen molar-refractivity contribution in [3.8, 4) is 0 Å². The Balaban J connectivity index is 2.12. The van der Waals surface area contributed by atoms with Gasteiger partial charge in [0.15, 0.2) is 0 Å². The third-order valence-corrected chi connectivity index (χ3v) is 5.62. The van der Waals surface area contributed by atoms with Gasteiger partial charge in [-0.2, -0.15) is 0 Å². The number of aliphatic hydroxyl groups excluding tert-OH is 1. The predicted molar refractivity (Wildman–Crippen MR) is 73.2 cm³/mol. The number of pyridine rings is 1. The van der Waals surface area contributed by atoms with Crippen molar-refractivity contribution >= 4 is 21.4 Å². The molecule has 5 nitrogen and oxygen atoms in total. The zero-order valence-corrected chi connectivity index (χ0v) is 12.0. The van der Waals surface area contributed by atoms with Crippen LogP contribution in [0.2, 0.25) is 0 Å². The van der Waals surface area contributed by atoms with Crippen molar-refractivity contribution in [2.75, 3.05) is 0 Å². The van der Waals surface area contributed by atoms with Crippen molar-refractivity contribution in [3.63, 3.8) is 0 Å². The van der Waals surface area contributed by atoms with Crippen molar-refractivity contribution in [2.45, 2.75) is 24.3 Å². The SMILES string of the molecule is Cc1ccncc1CNS(=O)(=O)c1ccc(CO)s1. The lowest BCUT2D eigenvalue weighted by Crippen LogP contribution is -2.22. The molecule has 0 fully saturated rings. The molecule has 0 amide bonds. The van der Waals surface area contributed by atoms with Crippen LogP contribution >= 0.6 is 11.3 Å². The Bertz CT molecular complexity index is 665. The van der Waals surface area contributed by atoms with E-state index in [9.17, 15) is 8.42 Å². The van der Waals surface area contributed by atoms with E-state index < -0.39 is 10.0 Å². The van der Waals surface area contributed by atoms with Crippen LogP contribution in [0, 0.1) is 6.92 Å². The molecule has 0 aromatic carbocycles. The standard InChI is InChI=1S/C12H14N2O3S2/c1-9-4-5-13-6-10(9)7-14-19(16,17)12-3-2-11(8-15)18-12/h2-6,14-15H,7-8H2,1H3. The molecule has 0 unspecified atom stereocenters. The van der Waals surface area contributed by atoms with E-state index in [1.807, 2.05) is 13.0 Å². The lowest BCUT2D eigenvalue weighted by Gasteiger charge is -2.06. The number of aryl methyl sites for hydroxylation is 1. The van der Waals surface area contributed by atoms with Gasteiger partial charge >= 0.3 is 0 Å². The number of aromatic nitrogens is 1. The van der Waals surface area contributed by atoms with Crippen molar-refractivity contribution < 1.29 is 13.5 Å². The minimum absolute atomic E-state index is 0.151. The first-order chi connectivity index (χ1) is 9.03. The second-order valence-corrected chi connectivity index (χ2v) is 7.17. The molecule has 0 aliphatic heterocycles. The van der Waals surface area contributed by atoms with Crippen LogP contribution in [-0.2, 0) is 23.2 Å². The number of nitrogens with one attached hydrogen (secondary N) is 1. The van der Waals surface area contributed by atoms with E-state index in [4.69, 9.17) is 5.11 Å². The summed E-state index contributed by atoms with van der Waals surface area (Å²) in [5, 5.41) is 8.95. The number of hydrogen-bond donors (Lipinski definition) is 2. The molecule has 2 aromatic heterocycles. The van der Waals surface area contributed by atoms with Gasteiger partial charge in [-0.05, 0) is 36.2 Å². The molecule has 19 heavy (non-hydrogen) atoms. The Labute approximate surface area is 116 Å². The van der Waals surface area contributed by atoms with E-state index in [2.05, 4.69) is 9.71 Å². The zero-order valence-electron chi connectivity index (χ0n) is 10.3. The minimum Gasteiger partial charge on any atom is -0.391 e. The quantitative estimate of drug-likeness (QED) is 0.875. The Morgan fingerprint density at radius 3 is 2.79 bits per heavy atom. The van der Waals surface area contributed by atoms with Crippen molar-refractivity contribution in [1.82, 2.24) is 9.71 Å². The summed E-state index contributed by atoms with van der Waals surface area (Å²) >= 11 is 1.06. The fourth-order valence-corrected chi connectivity index (χ4v) is 3.78. The van der Waals surface area contributed by atoms with Gasteiger partial charge in [-0.1, -0.05) is 0 Å². The average Bonchev–Trinajstić information content (AvgIpc) is 2.87. The largest absolute Gasteiger partial charge is 0.391 e. The molecule has 2 N–H and O–H groups in total. The summed E-state index contributed by atoms with van der Waals surface area (Å²) in [6.07, 6.45) is 3.31. The van der Waals surface area contributed by atoms with E-state index in [1.54, 1.807) is 18.5 Å². The topological polar surface area (TPSA) is 79.3 Å². The summed E-state index contributed by atoms with van der Waals surface area (Å²) in [5.41, 5.74) is 1.82. The highest BCUT2D eigenvalue weighted by Gasteiger charge is 2.16. The molecule has 2 rings (SSSR count). The highest BCUT2D eigenvalue weighted by Crippen LogP contribution is 2.21. The van der Waals surface area contributed by atoms with Crippen LogP contribution in [0.1, 0.15) is 16.0 Å². The summed E-state index contributed by atoms with van der Waals surface area (Å²) < 4.78 is 26.8. The molecule has 0 atom stereocenters. The van der Waals surface area contributed by atoms with Crippen molar-refractivity contribution in [3.05, 3.63) is 46.6 Å². The Morgan fingerprint density at radius 1 is 1.37 bits per heavy atom. The number of sulfonamides is 1. The number of thiophene rings is 1. The summed E-state index contributed by atoms with van der Waals surface area (Å²) in [4.78, 5) is 4.59. The second-order valence-electron chi connectivity index (χ2n) is 4.01. The van der Waals surface area contributed by atoms with E-state index in [-0.39, 0.29) is 17.4 Å². The number of hydrogen-bond acceptors (Lipinski definition) is 5. The predicted octanol–water partition coefficient (Wildman–Crippen LogP) is 1.42. The highest BCUT2D eigenvalue weighted by atomic mass is 32.2. The van der Waals surface area contributed by atoms with Crippen LogP contribution in [0.5, 0.6) is 0 Å². The lowest BCUT2D eigenvalue weighted by atomic mass is 10.2. The molecule has 102 valence electrons. The van der Waals surface area contributed by atoms with Crippen LogP contribution in [0.15, 0.2) is 34.8 Å². The molecular weight excluding hydrogens is 284 g/mol. The molecule has 0 spiro atoms. The maximum Gasteiger partial charge on any atom is 0.250 e. The maximum absolute atomic E-state index is 12.0. The van der Waals surface area contributed by atoms with Gasteiger partial charge in [0.2, 0.25) is 10.0 Å². The molecule has 7 heteroatoms. The third-order valence-electron chi connectivity index (χ3n) is 2.66. The van der Waals surface area contributed by atoms with Crippen LogP contribution in [0.4, 0.5) is 0 Å². The third kappa shape index (κ3) is 3.38. The molecule has 0 saturated carbocycles. The summed E-state index contributed by atoms with van der Waals surface area (Å²) in [7, 11) is -3.53. The summed E-state index contributed by atoms with van der Waals surface area (Å²) in [5.74, 6) is 0. The first-order valence-electron chi connectivity index (χ1n) is 5.61. The van der Waals surface area contributed by atoms with Gasteiger partial charge in [0.05, 0.1) is 6.61 Å². The maximum atomic E-state index is 12.0. The first-order valence-corrected chi connectivity index (χ1v) is 7.91. The van der Waals surface area contributed by atoms with E-state index >= 15 is 0 Å². The summed E-state index contributed by atoms with van der Waals surface area (Å²) in [6, 6.07) is 4.93. The molecular formula is C12H14N2O3S2. The molecule has 0 radical (unpaired) electrons. The average molecular weight is 298 g/mol. The smallest absolute Gasteiger partial charge is 0.250 e. The Kier molecular flexibility index (Phi) is 4.31. The van der Waals surface area contributed by atoms with Crippen LogP contribution in [0.25, 0.3) is 0 Å². The summed E-state index contributed by atoms with van der Waals surface area (Å²) in [6.45, 7) is 1.95. The van der Waals surface area contributed by atoms with Gasteiger partial charge in [0.1, 0.15) is 4.21 Å². The number of nitrogens with zero attached hydrogens (tertiary/aromatic N) is 1. The highest BCUT2D eigenvalue weighted by molar-refractivity contribution is 7.91. The minimum atomic E-state index is -3.53. The van der Waals surface area contributed by atoms with E-state index in [0.717, 1.165) is 22.5 Å². The van der Waals surface area contributed by atoms with Crippen molar-refractivity contribution in [1.29, 1.82) is 0 Å². The van der Waals surface area contributed by atoms with Gasteiger partial charge in [-0.25, -0.2) is 13.1 Å². The first kappa shape index (κ1) is 14.1. The molecule has 0 saturated heterocycles. The molecule has 2 heterocycles. The normalized spacial score (nSPS) is 11.7. The molecule has 0 aliphatic carbocycles. The molecule has 2 aromatic rings. The van der Waals surface area contributed by atoms with Crippen LogP contribution in [0.3, 0.4) is 0 Å². The molecule has 0 bridgehead atoms. The van der Waals surface area contributed by atoms with Crippen molar-refractivity contribution in [2.24, 2.45) is 0 Å². The zero-order chi connectivity index (χ0) is 13.9. The Morgan fingerprint density at radius 2 is 2.16 bits per heavy atom. The van der Waals surface area contributed by atoms with Crippen LogP contribution < -0.4 is 4.72 Å². The monoisotopic (exact) mass is 298 g/mol. The fourth-order valence-electron chi connectivity index (χ4n) is 1.51. The van der Waals surface area contributed by atoms with Crippen LogP contribution in [-0.4, -0.2) is 18.5 Å². The van der Waals surface area contributed by atoms with E-state index in [0.29, 0.717) is 4.88 Å². The van der Waals surface area contributed by atoms with Gasteiger partial charge in [0.25, 0.3) is 0 Å². The molecule has 0 aliphatic rings. The van der Waals surface area contributed by atoms with Gasteiger partial charge in [0, 0.05) is 23.8 Å². The van der Waals surface area contributed by atoms with E-state index in [1.165, 1.54) is 6.07 Å². The Hall–Kier alpha value is -1.28. The fraction of sp³-hybridized carbons (Fsp3) is 0.250. The lowest BCUT2D eigenvalue weighted by molar-refractivity contribution is 0.285. The van der Waals surface area contributed by atoms with Gasteiger partial charge < -0.3 is 5.11 Å².